The molecule has 1 aliphatic rings. The van der Waals surface area contributed by atoms with Gasteiger partial charge in [0, 0.05) is 19.6 Å². The molecule has 0 saturated carbocycles. The number of piperidine rings is 1. The second kappa shape index (κ2) is 8.04. The third-order valence-electron chi connectivity index (χ3n) is 3.26. The molecule has 0 aromatic rings. The van der Waals surface area contributed by atoms with Crippen LogP contribution in [-0.4, -0.2) is 43.8 Å². The molecule has 1 aliphatic heterocycles. The Bertz CT molecular complexity index is 165. The second-order valence-corrected chi connectivity index (χ2v) is 5.24. The zero-order valence-corrected chi connectivity index (χ0v) is 11.0. The maximum atomic E-state index is 5.67. The summed E-state index contributed by atoms with van der Waals surface area (Å²) in [5.74, 6) is 0.838. The van der Waals surface area contributed by atoms with Gasteiger partial charge < -0.3 is 15.4 Å². The van der Waals surface area contributed by atoms with Crippen LogP contribution in [0.4, 0.5) is 0 Å². The lowest BCUT2D eigenvalue weighted by molar-refractivity contribution is 0.0111. The van der Waals surface area contributed by atoms with Gasteiger partial charge in [0.05, 0.1) is 12.7 Å². The van der Waals surface area contributed by atoms with Crippen molar-refractivity contribution < 1.29 is 4.74 Å². The average molecular weight is 228 g/mol. The van der Waals surface area contributed by atoms with Crippen LogP contribution >= 0.6 is 0 Å². The van der Waals surface area contributed by atoms with Gasteiger partial charge in [0.15, 0.2) is 0 Å². The summed E-state index contributed by atoms with van der Waals surface area (Å²) >= 11 is 0. The Labute approximate surface area is 100 Å². The van der Waals surface area contributed by atoms with E-state index in [2.05, 4.69) is 18.7 Å². The Morgan fingerprint density at radius 2 is 2.00 bits per heavy atom. The highest BCUT2D eigenvalue weighted by molar-refractivity contribution is 4.72. The van der Waals surface area contributed by atoms with Gasteiger partial charge in [-0.25, -0.2) is 0 Å². The molecular formula is C13H28N2O. The number of hydrogen-bond donors (Lipinski definition) is 1. The number of nitrogens with two attached hydrogens (primary N) is 1. The lowest BCUT2D eigenvalue weighted by atomic mass is 10.1. The number of nitrogens with zero attached hydrogens (tertiary/aromatic N) is 1. The van der Waals surface area contributed by atoms with Crippen LogP contribution in [0, 0.1) is 5.92 Å². The van der Waals surface area contributed by atoms with Crippen LogP contribution < -0.4 is 5.73 Å². The maximum Gasteiger partial charge on any atom is 0.0600 e. The van der Waals surface area contributed by atoms with Crippen molar-refractivity contribution in [3.63, 3.8) is 0 Å². The fourth-order valence-corrected chi connectivity index (χ4v) is 2.26. The molecule has 0 spiro atoms. The highest BCUT2D eigenvalue weighted by atomic mass is 16.5. The fourth-order valence-electron chi connectivity index (χ4n) is 2.26. The smallest absolute Gasteiger partial charge is 0.0600 e. The van der Waals surface area contributed by atoms with Crippen LogP contribution in [0.1, 0.15) is 39.5 Å². The molecule has 0 bridgehead atoms. The Balaban J connectivity index is 2.03. The van der Waals surface area contributed by atoms with Gasteiger partial charge in [0.25, 0.3) is 0 Å². The first kappa shape index (κ1) is 13.9. The first-order valence-electron chi connectivity index (χ1n) is 6.76. The van der Waals surface area contributed by atoms with Crippen LogP contribution in [0.3, 0.4) is 0 Å². The van der Waals surface area contributed by atoms with E-state index in [-0.39, 0.29) is 0 Å². The first-order valence-corrected chi connectivity index (χ1v) is 6.76. The van der Waals surface area contributed by atoms with Crippen molar-refractivity contribution in [1.29, 1.82) is 0 Å². The van der Waals surface area contributed by atoms with Gasteiger partial charge in [0.1, 0.15) is 0 Å². The number of hydrogen-bond acceptors (Lipinski definition) is 3. The molecule has 16 heavy (non-hydrogen) atoms. The number of ether oxygens (including phenoxy) is 1. The van der Waals surface area contributed by atoms with E-state index in [0.717, 1.165) is 12.5 Å². The average Bonchev–Trinajstić information content (AvgIpc) is 2.27. The van der Waals surface area contributed by atoms with E-state index < -0.39 is 0 Å². The number of likely N-dealkylation sites (tertiary alicyclic amines) is 1. The molecular weight excluding hydrogens is 200 g/mol. The molecule has 0 aromatic carbocycles. The molecule has 0 aromatic heterocycles. The monoisotopic (exact) mass is 228 g/mol. The van der Waals surface area contributed by atoms with Crippen LogP contribution in [0.25, 0.3) is 0 Å². The lowest BCUT2D eigenvalue weighted by Crippen LogP contribution is -2.38. The Morgan fingerprint density at radius 3 is 2.56 bits per heavy atom. The van der Waals surface area contributed by atoms with Crippen molar-refractivity contribution in [2.75, 3.05) is 32.8 Å². The van der Waals surface area contributed by atoms with E-state index in [0.29, 0.717) is 12.6 Å². The molecule has 3 heteroatoms. The van der Waals surface area contributed by atoms with E-state index >= 15 is 0 Å². The minimum absolute atomic E-state index is 0.463. The summed E-state index contributed by atoms with van der Waals surface area (Å²) in [6.07, 6.45) is 5.52. The summed E-state index contributed by atoms with van der Waals surface area (Å²) in [6.45, 7) is 9.63. The molecule has 0 amide bonds. The van der Waals surface area contributed by atoms with Gasteiger partial charge in [-0.3, -0.25) is 0 Å². The highest BCUT2D eigenvalue weighted by Crippen LogP contribution is 2.14. The lowest BCUT2D eigenvalue weighted by Gasteiger charge is -2.31. The van der Waals surface area contributed by atoms with E-state index in [4.69, 9.17) is 10.5 Å². The Hall–Kier alpha value is -0.120. The fraction of sp³-hybridized carbons (Fsp3) is 1.00. The topological polar surface area (TPSA) is 38.5 Å². The van der Waals surface area contributed by atoms with Gasteiger partial charge >= 0.3 is 0 Å². The van der Waals surface area contributed by atoms with E-state index in [9.17, 15) is 0 Å². The Kier molecular flexibility index (Phi) is 7.01. The molecule has 1 saturated heterocycles. The zero-order chi connectivity index (χ0) is 11.8. The molecule has 1 heterocycles. The van der Waals surface area contributed by atoms with E-state index in [1.165, 1.54) is 45.3 Å². The van der Waals surface area contributed by atoms with Crippen LogP contribution in [-0.2, 0) is 4.74 Å². The summed E-state index contributed by atoms with van der Waals surface area (Å²) in [5, 5.41) is 0. The van der Waals surface area contributed by atoms with Crippen LogP contribution in [0.2, 0.25) is 0 Å². The van der Waals surface area contributed by atoms with Gasteiger partial charge in [-0.1, -0.05) is 13.8 Å². The number of rotatable bonds is 7. The molecule has 2 N–H and O–H groups in total. The minimum atomic E-state index is 0.463. The second-order valence-electron chi connectivity index (χ2n) is 5.24. The first-order chi connectivity index (χ1) is 7.72. The van der Waals surface area contributed by atoms with Crippen molar-refractivity contribution in [3.8, 4) is 0 Å². The predicted molar refractivity (Wildman–Crippen MR) is 68.5 cm³/mol. The summed E-state index contributed by atoms with van der Waals surface area (Å²) in [7, 11) is 0. The quantitative estimate of drug-likeness (QED) is 0.723. The SMILES string of the molecule is CC(C)CCCN1CCC(OCCN)CC1. The third kappa shape index (κ3) is 5.83. The maximum absolute atomic E-state index is 5.67. The summed E-state index contributed by atoms with van der Waals surface area (Å²) in [6, 6.07) is 0. The normalized spacial score (nSPS) is 19.5. The summed E-state index contributed by atoms with van der Waals surface area (Å²) in [4.78, 5) is 2.57. The van der Waals surface area contributed by atoms with E-state index in [1.807, 2.05) is 0 Å². The highest BCUT2D eigenvalue weighted by Gasteiger charge is 2.18. The molecule has 0 radical (unpaired) electrons. The van der Waals surface area contributed by atoms with Crippen molar-refractivity contribution in [2.24, 2.45) is 11.7 Å². The van der Waals surface area contributed by atoms with Crippen molar-refractivity contribution >= 4 is 0 Å². The van der Waals surface area contributed by atoms with Crippen LogP contribution in [0.15, 0.2) is 0 Å². The summed E-state index contributed by atoms with van der Waals surface area (Å²) in [5.41, 5.74) is 5.43. The molecule has 0 aliphatic carbocycles. The minimum Gasteiger partial charge on any atom is -0.377 e. The third-order valence-corrected chi connectivity index (χ3v) is 3.26. The summed E-state index contributed by atoms with van der Waals surface area (Å²) < 4.78 is 5.67. The molecule has 0 atom stereocenters. The Morgan fingerprint density at radius 1 is 1.31 bits per heavy atom. The van der Waals surface area contributed by atoms with Crippen molar-refractivity contribution in [3.05, 3.63) is 0 Å². The standard InChI is InChI=1S/C13H28N2O/c1-12(2)4-3-8-15-9-5-13(6-10-15)16-11-7-14/h12-13H,3-11,14H2,1-2H3. The molecule has 96 valence electrons. The van der Waals surface area contributed by atoms with Crippen molar-refractivity contribution in [2.45, 2.75) is 45.6 Å². The van der Waals surface area contributed by atoms with Crippen LogP contribution in [0.5, 0.6) is 0 Å². The largest absolute Gasteiger partial charge is 0.377 e. The van der Waals surface area contributed by atoms with Gasteiger partial charge in [0.2, 0.25) is 0 Å². The van der Waals surface area contributed by atoms with Gasteiger partial charge in [-0.2, -0.15) is 0 Å². The van der Waals surface area contributed by atoms with Gasteiger partial charge in [-0.05, 0) is 38.1 Å². The molecule has 1 fully saturated rings. The molecule has 0 unspecified atom stereocenters. The van der Waals surface area contributed by atoms with Crippen molar-refractivity contribution in [1.82, 2.24) is 4.90 Å². The predicted octanol–water partition coefficient (Wildman–Crippen LogP) is 1.86. The molecule has 3 nitrogen and oxygen atoms in total. The van der Waals surface area contributed by atoms with E-state index in [1.54, 1.807) is 0 Å². The zero-order valence-electron chi connectivity index (χ0n) is 11.0. The van der Waals surface area contributed by atoms with Gasteiger partial charge in [-0.15, -0.1) is 0 Å². The molecule has 1 rings (SSSR count).